The predicted molar refractivity (Wildman–Crippen MR) is 39.8 cm³/mol. The van der Waals surface area contributed by atoms with Gasteiger partial charge in [0.25, 0.3) is 0 Å². The van der Waals surface area contributed by atoms with E-state index in [1.165, 1.54) is 0 Å². The fourth-order valence-electron chi connectivity index (χ4n) is 0.734. The Bertz CT molecular complexity index is 310. The third kappa shape index (κ3) is 2.76. The van der Waals surface area contributed by atoms with Gasteiger partial charge in [-0.15, -0.1) is 0 Å². The van der Waals surface area contributed by atoms with Crippen LogP contribution in [0.1, 0.15) is 11.1 Å². The highest BCUT2D eigenvalue weighted by atomic mass is 19.4. The monoisotopic (exact) mass is 189 g/mol. The number of hydrogen-bond acceptors (Lipinski definition) is 1. The predicted octanol–water partition coefficient (Wildman–Crippen LogP) is 1.75. The Morgan fingerprint density at radius 3 is 1.85 bits per heavy atom. The van der Waals surface area contributed by atoms with Crippen molar-refractivity contribution in [2.45, 2.75) is 6.18 Å². The number of rotatable bonds is 0. The number of nitriles is 1. The summed E-state index contributed by atoms with van der Waals surface area (Å²) < 4.78 is 35.8. The molecule has 5 heteroatoms. The average molecular weight is 189 g/mol. The molecule has 0 aromatic heterocycles. The van der Waals surface area contributed by atoms with Crippen LogP contribution in [-0.4, -0.2) is 5.48 Å². The molecule has 0 aliphatic rings. The summed E-state index contributed by atoms with van der Waals surface area (Å²) in [5, 5.41) is 8.30. The number of benzene rings is 1. The normalized spacial score (nSPS) is 10.0. The van der Waals surface area contributed by atoms with Gasteiger partial charge < -0.3 is 5.48 Å². The van der Waals surface area contributed by atoms with Gasteiger partial charge >= 0.3 is 6.18 Å². The average Bonchev–Trinajstić information content (AvgIpc) is 2.03. The largest absolute Gasteiger partial charge is 0.416 e. The van der Waals surface area contributed by atoms with Gasteiger partial charge in [-0.25, -0.2) is 0 Å². The molecule has 0 bridgehead atoms. The molecule has 0 heterocycles. The van der Waals surface area contributed by atoms with E-state index in [2.05, 4.69) is 0 Å². The summed E-state index contributed by atoms with van der Waals surface area (Å²) in [6.07, 6.45) is -4.33. The number of halogens is 3. The molecule has 0 unspecified atom stereocenters. The van der Waals surface area contributed by atoms with Gasteiger partial charge in [-0.1, -0.05) is 0 Å². The first-order chi connectivity index (χ1) is 5.54. The Balaban J connectivity index is 0.00000144. The van der Waals surface area contributed by atoms with Gasteiger partial charge in [-0.3, -0.25) is 0 Å². The van der Waals surface area contributed by atoms with E-state index in [-0.39, 0.29) is 11.0 Å². The summed E-state index contributed by atoms with van der Waals surface area (Å²) in [5.41, 5.74) is -0.510. The molecule has 0 saturated carbocycles. The van der Waals surface area contributed by atoms with Crippen molar-refractivity contribution in [2.75, 3.05) is 0 Å². The zero-order valence-electron chi connectivity index (χ0n) is 6.39. The first-order valence-corrected chi connectivity index (χ1v) is 3.11. The molecule has 0 spiro atoms. The second kappa shape index (κ2) is 3.92. The lowest BCUT2D eigenvalue weighted by Gasteiger charge is -2.04. The van der Waals surface area contributed by atoms with Crippen LogP contribution in [-0.2, 0) is 6.18 Å². The van der Waals surface area contributed by atoms with Crippen molar-refractivity contribution in [3.8, 4) is 6.07 Å². The molecule has 0 radical (unpaired) electrons. The van der Waals surface area contributed by atoms with Gasteiger partial charge in [0.05, 0.1) is 17.2 Å². The van der Waals surface area contributed by atoms with E-state index in [1.54, 1.807) is 6.07 Å². The molecule has 2 nitrogen and oxygen atoms in total. The van der Waals surface area contributed by atoms with Crippen LogP contribution < -0.4 is 0 Å². The molecular formula is C8H6F3NO. The highest BCUT2D eigenvalue weighted by Gasteiger charge is 2.29. The van der Waals surface area contributed by atoms with Crippen molar-refractivity contribution in [1.82, 2.24) is 0 Å². The van der Waals surface area contributed by atoms with E-state index in [0.29, 0.717) is 0 Å². The van der Waals surface area contributed by atoms with E-state index in [0.717, 1.165) is 24.3 Å². The quantitative estimate of drug-likeness (QED) is 0.613. The van der Waals surface area contributed by atoms with Gasteiger partial charge in [-0.05, 0) is 24.3 Å². The highest BCUT2D eigenvalue weighted by Crippen LogP contribution is 2.28. The summed E-state index contributed by atoms with van der Waals surface area (Å²) in [7, 11) is 0. The van der Waals surface area contributed by atoms with Crippen LogP contribution >= 0.6 is 0 Å². The standard InChI is InChI=1S/C8H4F3N.H2O/c9-8(10,11)7-3-1-6(5-12)2-4-7;/h1-4H;1H2. The van der Waals surface area contributed by atoms with Gasteiger partial charge in [0, 0.05) is 0 Å². The van der Waals surface area contributed by atoms with Crippen LogP contribution in [0, 0.1) is 11.3 Å². The topological polar surface area (TPSA) is 55.3 Å². The molecule has 1 rings (SSSR count). The van der Waals surface area contributed by atoms with Crippen LogP contribution in [0.5, 0.6) is 0 Å². The van der Waals surface area contributed by atoms with Gasteiger partial charge in [0.2, 0.25) is 0 Å². The minimum absolute atomic E-state index is 0. The van der Waals surface area contributed by atoms with Crippen LogP contribution in [0.4, 0.5) is 13.2 Å². The second-order valence-electron chi connectivity index (χ2n) is 2.19. The Kier molecular flexibility index (Phi) is 3.45. The molecule has 1 aromatic carbocycles. The molecule has 2 N–H and O–H groups in total. The maximum Gasteiger partial charge on any atom is 0.416 e. The maximum atomic E-state index is 11.9. The molecule has 0 aliphatic carbocycles. The van der Waals surface area contributed by atoms with Gasteiger partial charge in [0.1, 0.15) is 0 Å². The Hall–Kier alpha value is -1.54. The molecule has 0 aliphatic heterocycles. The maximum absolute atomic E-state index is 11.9. The molecule has 0 amide bonds. The molecule has 70 valence electrons. The zero-order chi connectivity index (χ0) is 9.19. The summed E-state index contributed by atoms with van der Waals surface area (Å²) in [6.45, 7) is 0. The molecule has 0 saturated heterocycles. The SMILES string of the molecule is N#Cc1ccc(C(F)(F)F)cc1.O. The summed E-state index contributed by atoms with van der Waals surface area (Å²) >= 11 is 0. The lowest BCUT2D eigenvalue weighted by atomic mass is 10.1. The highest BCUT2D eigenvalue weighted by molar-refractivity contribution is 5.32. The van der Waals surface area contributed by atoms with E-state index < -0.39 is 11.7 Å². The fourth-order valence-corrected chi connectivity index (χ4v) is 0.734. The van der Waals surface area contributed by atoms with Crippen LogP contribution in [0.3, 0.4) is 0 Å². The first kappa shape index (κ1) is 11.5. The summed E-state index contributed by atoms with van der Waals surface area (Å²) in [6, 6.07) is 5.80. The van der Waals surface area contributed by atoms with Crippen LogP contribution in [0.25, 0.3) is 0 Å². The Labute approximate surface area is 72.5 Å². The summed E-state index contributed by atoms with van der Waals surface area (Å²) in [4.78, 5) is 0. The molecule has 0 atom stereocenters. The van der Waals surface area contributed by atoms with Gasteiger partial charge in [-0.2, -0.15) is 18.4 Å². The molecular weight excluding hydrogens is 183 g/mol. The van der Waals surface area contributed by atoms with E-state index in [4.69, 9.17) is 5.26 Å². The summed E-state index contributed by atoms with van der Waals surface area (Å²) in [5.74, 6) is 0. The van der Waals surface area contributed by atoms with Crippen molar-refractivity contribution in [3.05, 3.63) is 35.4 Å². The molecule has 1 aromatic rings. The molecule has 0 fully saturated rings. The zero-order valence-corrected chi connectivity index (χ0v) is 6.39. The van der Waals surface area contributed by atoms with Crippen LogP contribution in [0.2, 0.25) is 0 Å². The first-order valence-electron chi connectivity index (χ1n) is 3.11. The number of nitrogens with zero attached hydrogens (tertiary/aromatic N) is 1. The minimum atomic E-state index is -4.33. The van der Waals surface area contributed by atoms with E-state index >= 15 is 0 Å². The van der Waals surface area contributed by atoms with E-state index in [1.807, 2.05) is 0 Å². The third-order valence-electron chi connectivity index (χ3n) is 1.34. The lowest BCUT2D eigenvalue weighted by molar-refractivity contribution is -0.137. The van der Waals surface area contributed by atoms with Crippen molar-refractivity contribution in [1.29, 1.82) is 5.26 Å². The van der Waals surface area contributed by atoms with E-state index in [9.17, 15) is 13.2 Å². The lowest BCUT2D eigenvalue weighted by Crippen LogP contribution is -2.03. The molecule has 13 heavy (non-hydrogen) atoms. The van der Waals surface area contributed by atoms with Crippen molar-refractivity contribution in [3.63, 3.8) is 0 Å². The smallest absolute Gasteiger partial charge is 0.412 e. The van der Waals surface area contributed by atoms with Crippen molar-refractivity contribution >= 4 is 0 Å². The van der Waals surface area contributed by atoms with Crippen molar-refractivity contribution in [2.24, 2.45) is 0 Å². The number of alkyl halides is 3. The number of hydrogen-bond donors (Lipinski definition) is 0. The second-order valence-corrected chi connectivity index (χ2v) is 2.19. The minimum Gasteiger partial charge on any atom is -0.412 e. The third-order valence-corrected chi connectivity index (χ3v) is 1.34. The Morgan fingerprint density at radius 1 is 1.08 bits per heavy atom. The fraction of sp³-hybridized carbons (Fsp3) is 0.125. The van der Waals surface area contributed by atoms with Crippen molar-refractivity contribution < 1.29 is 18.6 Å². The Morgan fingerprint density at radius 2 is 1.54 bits per heavy atom. The van der Waals surface area contributed by atoms with Crippen LogP contribution in [0.15, 0.2) is 24.3 Å². The van der Waals surface area contributed by atoms with Gasteiger partial charge in [0.15, 0.2) is 0 Å².